The number of nitrogens with zero attached hydrogens (tertiary/aromatic N) is 1. The van der Waals surface area contributed by atoms with Crippen molar-refractivity contribution in [2.24, 2.45) is 0 Å². The minimum Gasteiger partial charge on any atom is -0.241 e. The molecule has 0 spiro atoms. The molecule has 1 heterocycles. The smallest absolute Gasteiger partial charge is 0.123 e. The highest BCUT2D eigenvalue weighted by Gasteiger charge is 2.07. The molecular weight excluding hydrogens is 270 g/mol. The first-order valence-electron chi connectivity index (χ1n) is 4.80. The van der Waals surface area contributed by atoms with Crippen LogP contribution in [0.15, 0.2) is 24.3 Å². The minimum absolute atomic E-state index is 0.891. The van der Waals surface area contributed by atoms with Gasteiger partial charge in [-0.1, -0.05) is 45.8 Å². The average molecular weight is 282 g/mol. The van der Waals surface area contributed by atoms with Crippen LogP contribution in [0, 0.1) is 13.8 Å². The second-order valence-corrected chi connectivity index (χ2v) is 5.17. The fourth-order valence-electron chi connectivity index (χ4n) is 1.37. The Bertz CT molecular complexity index is 459. The molecule has 0 bridgehead atoms. The van der Waals surface area contributed by atoms with Crippen molar-refractivity contribution in [1.82, 2.24) is 4.98 Å². The van der Waals surface area contributed by atoms with Crippen LogP contribution in [0.3, 0.4) is 0 Å². The van der Waals surface area contributed by atoms with Crippen molar-refractivity contribution in [2.75, 3.05) is 0 Å². The summed E-state index contributed by atoms with van der Waals surface area (Å²) >= 11 is 5.24. The highest BCUT2D eigenvalue weighted by Crippen LogP contribution is 2.29. The number of rotatable bonds is 2. The molecule has 0 fully saturated rings. The fourth-order valence-corrected chi connectivity index (χ4v) is 3.04. The van der Waals surface area contributed by atoms with E-state index in [4.69, 9.17) is 0 Å². The van der Waals surface area contributed by atoms with E-state index >= 15 is 0 Å². The second kappa shape index (κ2) is 4.45. The molecule has 1 aromatic heterocycles. The molecule has 0 atom stereocenters. The van der Waals surface area contributed by atoms with E-state index in [1.54, 1.807) is 11.3 Å². The van der Waals surface area contributed by atoms with Crippen LogP contribution in [0.4, 0.5) is 0 Å². The lowest BCUT2D eigenvalue weighted by molar-refractivity contribution is 1.23. The quantitative estimate of drug-likeness (QED) is 0.747. The normalized spacial score (nSPS) is 10.6. The molecule has 0 unspecified atom stereocenters. The summed E-state index contributed by atoms with van der Waals surface area (Å²) < 4.78 is 0. The molecule has 2 aromatic rings. The lowest BCUT2D eigenvalue weighted by Gasteiger charge is -1.96. The van der Waals surface area contributed by atoms with E-state index in [1.807, 2.05) is 0 Å². The zero-order valence-electron chi connectivity index (χ0n) is 8.75. The van der Waals surface area contributed by atoms with E-state index in [9.17, 15) is 0 Å². The maximum atomic E-state index is 4.57. The summed E-state index contributed by atoms with van der Waals surface area (Å²) in [7, 11) is 0. The molecule has 0 aliphatic carbocycles. The number of halogens is 1. The largest absolute Gasteiger partial charge is 0.241 e. The van der Waals surface area contributed by atoms with Gasteiger partial charge in [-0.25, -0.2) is 4.98 Å². The highest BCUT2D eigenvalue weighted by molar-refractivity contribution is 9.08. The van der Waals surface area contributed by atoms with E-state index in [0.29, 0.717) is 0 Å². The van der Waals surface area contributed by atoms with Crippen LogP contribution in [0.25, 0.3) is 10.6 Å². The van der Waals surface area contributed by atoms with Crippen molar-refractivity contribution in [2.45, 2.75) is 19.2 Å². The molecule has 0 saturated carbocycles. The highest BCUT2D eigenvalue weighted by atomic mass is 79.9. The first kappa shape index (κ1) is 10.8. The number of aromatic nitrogens is 1. The van der Waals surface area contributed by atoms with E-state index in [2.05, 4.69) is 59.0 Å². The number of hydrogen-bond donors (Lipinski definition) is 0. The Morgan fingerprint density at radius 1 is 1.20 bits per heavy atom. The van der Waals surface area contributed by atoms with Crippen LogP contribution in [0.1, 0.15) is 16.1 Å². The van der Waals surface area contributed by atoms with Gasteiger partial charge in [0.25, 0.3) is 0 Å². The van der Waals surface area contributed by atoms with Crippen molar-refractivity contribution < 1.29 is 0 Å². The van der Waals surface area contributed by atoms with Gasteiger partial charge in [-0.15, -0.1) is 11.3 Å². The van der Waals surface area contributed by atoms with Gasteiger partial charge in [-0.05, 0) is 13.8 Å². The third kappa shape index (κ3) is 2.29. The van der Waals surface area contributed by atoms with E-state index < -0.39 is 0 Å². The van der Waals surface area contributed by atoms with Gasteiger partial charge in [-0.3, -0.25) is 0 Å². The van der Waals surface area contributed by atoms with Crippen molar-refractivity contribution in [3.63, 3.8) is 0 Å². The first-order chi connectivity index (χ1) is 7.20. The first-order valence-corrected chi connectivity index (χ1v) is 6.74. The van der Waals surface area contributed by atoms with Crippen LogP contribution in [-0.2, 0) is 5.33 Å². The van der Waals surface area contributed by atoms with E-state index in [-0.39, 0.29) is 0 Å². The Morgan fingerprint density at radius 2 is 1.87 bits per heavy atom. The number of benzene rings is 1. The maximum Gasteiger partial charge on any atom is 0.123 e. The predicted octanol–water partition coefficient (Wildman–Crippen LogP) is 4.32. The van der Waals surface area contributed by atoms with Crippen LogP contribution in [0.5, 0.6) is 0 Å². The molecular formula is C12H12BrNS. The van der Waals surface area contributed by atoms with Gasteiger partial charge in [0, 0.05) is 15.8 Å². The molecule has 78 valence electrons. The van der Waals surface area contributed by atoms with Gasteiger partial charge in [0.15, 0.2) is 0 Å². The summed E-state index contributed by atoms with van der Waals surface area (Å²) in [6.07, 6.45) is 0. The number of alkyl halides is 1. The van der Waals surface area contributed by atoms with Crippen molar-refractivity contribution in [3.8, 4) is 10.6 Å². The number of hydrogen-bond acceptors (Lipinski definition) is 2. The zero-order valence-corrected chi connectivity index (χ0v) is 11.2. The molecule has 1 aromatic carbocycles. The minimum atomic E-state index is 0.891. The third-order valence-corrected chi connectivity index (χ3v) is 4.45. The molecule has 1 nitrogen and oxygen atoms in total. The second-order valence-electron chi connectivity index (χ2n) is 3.53. The van der Waals surface area contributed by atoms with Crippen LogP contribution >= 0.6 is 27.3 Å². The molecule has 0 radical (unpaired) electrons. The predicted molar refractivity (Wildman–Crippen MR) is 69.7 cm³/mol. The van der Waals surface area contributed by atoms with Crippen LogP contribution in [-0.4, -0.2) is 4.98 Å². The van der Waals surface area contributed by atoms with Crippen LogP contribution < -0.4 is 0 Å². The van der Waals surface area contributed by atoms with Crippen molar-refractivity contribution in [1.29, 1.82) is 0 Å². The Hall–Kier alpha value is -0.670. The molecule has 0 saturated heterocycles. The van der Waals surface area contributed by atoms with Gasteiger partial charge < -0.3 is 0 Å². The van der Waals surface area contributed by atoms with Crippen LogP contribution in [0.2, 0.25) is 0 Å². The van der Waals surface area contributed by atoms with Gasteiger partial charge in [0.2, 0.25) is 0 Å². The summed E-state index contributed by atoms with van der Waals surface area (Å²) in [5.41, 5.74) is 3.63. The Labute approximate surface area is 102 Å². The Morgan fingerprint density at radius 3 is 2.40 bits per heavy atom. The number of thiazole rings is 1. The molecule has 2 rings (SSSR count). The average Bonchev–Trinajstić information content (AvgIpc) is 2.61. The monoisotopic (exact) mass is 281 g/mol. The zero-order chi connectivity index (χ0) is 10.8. The molecule has 15 heavy (non-hydrogen) atoms. The van der Waals surface area contributed by atoms with Gasteiger partial charge in [0.1, 0.15) is 5.01 Å². The summed E-state index contributed by atoms with van der Waals surface area (Å²) in [5.74, 6) is 0. The lowest BCUT2D eigenvalue weighted by Crippen LogP contribution is -1.78. The molecule has 3 heteroatoms. The van der Waals surface area contributed by atoms with Crippen molar-refractivity contribution >= 4 is 27.3 Å². The van der Waals surface area contributed by atoms with Gasteiger partial charge >= 0.3 is 0 Å². The topological polar surface area (TPSA) is 12.9 Å². The SMILES string of the molecule is Cc1ccc(-c2nc(C)c(CBr)s2)cc1. The van der Waals surface area contributed by atoms with Gasteiger partial charge in [0.05, 0.1) is 5.69 Å². The summed E-state index contributed by atoms with van der Waals surface area (Å²) in [5, 5.41) is 2.00. The molecule has 0 amide bonds. The van der Waals surface area contributed by atoms with Gasteiger partial charge in [-0.2, -0.15) is 0 Å². The summed E-state index contributed by atoms with van der Waals surface area (Å²) in [4.78, 5) is 5.88. The van der Waals surface area contributed by atoms with Crippen molar-refractivity contribution in [3.05, 3.63) is 40.4 Å². The lowest BCUT2D eigenvalue weighted by atomic mass is 10.2. The Kier molecular flexibility index (Phi) is 3.22. The molecule has 0 aliphatic heterocycles. The van der Waals surface area contributed by atoms with E-state index in [1.165, 1.54) is 16.0 Å². The maximum absolute atomic E-state index is 4.57. The molecule has 0 N–H and O–H groups in total. The summed E-state index contributed by atoms with van der Waals surface area (Å²) in [6, 6.07) is 8.51. The third-order valence-electron chi connectivity index (χ3n) is 2.31. The Balaban J connectivity index is 2.41. The fraction of sp³-hybridized carbons (Fsp3) is 0.250. The number of aryl methyl sites for hydroxylation is 2. The van der Waals surface area contributed by atoms with E-state index in [0.717, 1.165) is 16.0 Å². The molecule has 0 aliphatic rings. The standard InChI is InChI=1S/C12H12BrNS/c1-8-3-5-10(6-4-8)12-14-9(2)11(7-13)15-12/h3-6H,7H2,1-2H3. The summed E-state index contributed by atoms with van der Waals surface area (Å²) in [6.45, 7) is 4.16.